The molecule has 6 heteroatoms. The number of carbonyl (C=O) groups excluding carboxylic acids is 2. The van der Waals surface area contributed by atoms with Crippen molar-refractivity contribution in [3.8, 4) is 5.75 Å². The fourth-order valence-corrected chi connectivity index (χ4v) is 2.17. The monoisotopic (exact) mass is 360 g/mol. The molecule has 0 fully saturated rings. The van der Waals surface area contributed by atoms with Gasteiger partial charge >= 0.3 is 11.8 Å². The Labute approximate surface area is 155 Å². The van der Waals surface area contributed by atoms with E-state index in [1.54, 1.807) is 24.3 Å². The van der Waals surface area contributed by atoms with E-state index < -0.39 is 11.8 Å². The van der Waals surface area contributed by atoms with Crippen molar-refractivity contribution in [2.45, 2.75) is 34.1 Å². The summed E-state index contributed by atoms with van der Waals surface area (Å²) in [6, 6.07) is 5.05. The quantitative estimate of drug-likeness (QED) is 0.574. The molecule has 0 aliphatic heterocycles. The number of hydrogen-bond donors (Lipinski definition) is 2. The van der Waals surface area contributed by atoms with Crippen molar-refractivity contribution in [1.82, 2.24) is 5.32 Å². The Balaban J connectivity index is 2.79. The second-order valence-corrected chi connectivity index (χ2v) is 6.87. The van der Waals surface area contributed by atoms with E-state index in [1.807, 2.05) is 6.92 Å². The molecule has 0 aliphatic carbocycles. The van der Waals surface area contributed by atoms with Gasteiger partial charge in [-0.25, -0.2) is 0 Å². The number of allylic oxidation sites excluding steroid dienone is 1. The van der Waals surface area contributed by atoms with Crippen molar-refractivity contribution in [2.24, 2.45) is 5.41 Å². The molecule has 0 spiro atoms. The minimum Gasteiger partial charge on any atom is -0.496 e. The number of anilines is 1. The summed E-state index contributed by atoms with van der Waals surface area (Å²) in [6.07, 6.45) is 3.89. The highest BCUT2D eigenvalue weighted by Gasteiger charge is 2.17. The van der Waals surface area contributed by atoms with Crippen molar-refractivity contribution in [2.75, 3.05) is 19.0 Å². The highest BCUT2D eigenvalue weighted by molar-refractivity contribution is 6.39. The Morgan fingerprint density at radius 1 is 1.23 bits per heavy atom. The molecule has 0 unspecified atom stereocenters. The van der Waals surface area contributed by atoms with E-state index in [1.165, 1.54) is 13.4 Å². The maximum Gasteiger partial charge on any atom is 0.313 e. The van der Waals surface area contributed by atoms with Gasteiger partial charge in [-0.05, 0) is 37.0 Å². The largest absolute Gasteiger partial charge is 0.496 e. The zero-order valence-corrected chi connectivity index (χ0v) is 16.1. The van der Waals surface area contributed by atoms with Gasteiger partial charge in [0.15, 0.2) is 0 Å². The summed E-state index contributed by atoms with van der Waals surface area (Å²) >= 11 is 0. The second-order valence-electron chi connectivity index (χ2n) is 6.87. The smallest absolute Gasteiger partial charge is 0.313 e. The molecule has 0 bridgehead atoms. The van der Waals surface area contributed by atoms with Crippen LogP contribution in [0.1, 0.15) is 39.7 Å². The summed E-state index contributed by atoms with van der Waals surface area (Å²) in [4.78, 5) is 23.9. The van der Waals surface area contributed by atoms with Gasteiger partial charge in [-0.1, -0.05) is 27.4 Å². The van der Waals surface area contributed by atoms with Gasteiger partial charge in [0.2, 0.25) is 0 Å². The number of methoxy groups -OCH3 is 1. The first-order valence-corrected chi connectivity index (χ1v) is 8.43. The third kappa shape index (κ3) is 6.63. The lowest BCUT2D eigenvalue weighted by molar-refractivity contribution is -0.136. The molecule has 1 aromatic rings. The number of nitrogens with one attached hydrogen (secondary N) is 2. The van der Waals surface area contributed by atoms with Crippen molar-refractivity contribution in [3.05, 3.63) is 42.7 Å². The summed E-state index contributed by atoms with van der Waals surface area (Å²) in [5.41, 5.74) is 1.25. The Morgan fingerprint density at radius 2 is 1.92 bits per heavy atom. The van der Waals surface area contributed by atoms with Crippen LogP contribution < -0.4 is 15.4 Å². The Bertz CT molecular complexity index is 688. The van der Waals surface area contributed by atoms with Gasteiger partial charge < -0.3 is 20.1 Å². The molecule has 0 aromatic heterocycles. The summed E-state index contributed by atoms with van der Waals surface area (Å²) in [5, 5.41) is 5.19. The molecule has 1 rings (SSSR count). The van der Waals surface area contributed by atoms with Crippen molar-refractivity contribution >= 4 is 23.3 Å². The van der Waals surface area contributed by atoms with Gasteiger partial charge in [0.05, 0.1) is 18.9 Å². The Hall–Kier alpha value is -2.76. The minimum atomic E-state index is -0.720. The number of ether oxygens (including phenoxy) is 2. The molecule has 0 aliphatic rings. The van der Waals surface area contributed by atoms with E-state index in [4.69, 9.17) is 9.47 Å². The van der Waals surface area contributed by atoms with Gasteiger partial charge in [-0.15, -0.1) is 0 Å². The molecule has 142 valence electrons. The van der Waals surface area contributed by atoms with Crippen LogP contribution in [-0.2, 0) is 14.3 Å². The fraction of sp³-hybridized carbons (Fsp3) is 0.400. The molecule has 26 heavy (non-hydrogen) atoms. The highest BCUT2D eigenvalue weighted by atomic mass is 16.5. The molecule has 0 heterocycles. The average molecular weight is 360 g/mol. The summed E-state index contributed by atoms with van der Waals surface area (Å²) < 4.78 is 10.7. The van der Waals surface area contributed by atoms with Gasteiger partial charge in [0.1, 0.15) is 11.5 Å². The first kappa shape index (κ1) is 21.3. The van der Waals surface area contributed by atoms with Crippen LogP contribution in [0.5, 0.6) is 5.75 Å². The third-order valence-corrected chi connectivity index (χ3v) is 3.56. The summed E-state index contributed by atoms with van der Waals surface area (Å²) in [5.74, 6) is -0.302. The molecule has 2 N–H and O–H groups in total. The van der Waals surface area contributed by atoms with Crippen LogP contribution in [0.4, 0.5) is 5.69 Å². The van der Waals surface area contributed by atoms with Crippen LogP contribution in [0, 0.1) is 5.41 Å². The zero-order valence-electron chi connectivity index (χ0n) is 16.1. The fourth-order valence-electron chi connectivity index (χ4n) is 2.17. The molecular weight excluding hydrogens is 332 g/mol. The number of rotatable bonds is 7. The predicted molar refractivity (Wildman–Crippen MR) is 104 cm³/mol. The molecule has 1 aromatic carbocycles. The van der Waals surface area contributed by atoms with Crippen LogP contribution in [0.15, 0.2) is 37.1 Å². The maximum atomic E-state index is 12.0. The van der Waals surface area contributed by atoms with Crippen LogP contribution >= 0.6 is 0 Å². The SMILES string of the molecule is C=COC(=CC)c1ccc(NC(=O)C(=O)NCCC(C)(C)C)cc1OC. The highest BCUT2D eigenvalue weighted by Crippen LogP contribution is 2.30. The lowest BCUT2D eigenvalue weighted by Crippen LogP contribution is -2.36. The maximum absolute atomic E-state index is 12.0. The average Bonchev–Trinajstić information content (AvgIpc) is 2.58. The summed E-state index contributed by atoms with van der Waals surface area (Å²) in [6.45, 7) is 12.0. The molecule has 6 nitrogen and oxygen atoms in total. The predicted octanol–water partition coefficient (Wildman–Crippen LogP) is 3.71. The third-order valence-electron chi connectivity index (χ3n) is 3.56. The minimum absolute atomic E-state index is 0.0883. The summed E-state index contributed by atoms with van der Waals surface area (Å²) in [7, 11) is 1.52. The Kier molecular flexibility index (Phi) is 7.90. The number of carbonyl (C=O) groups is 2. The first-order valence-electron chi connectivity index (χ1n) is 8.43. The van der Waals surface area contributed by atoms with Gasteiger partial charge in [0, 0.05) is 18.3 Å². The number of hydrogen-bond acceptors (Lipinski definition) is 4. The van der Waals surface area contributed by atoms with E-state index in [2.05, 4.69) is 38.0 Å². The molecule has 0 radical (unpaired) electrons. The number of amides is 2. The van der Waals surface area contributed by atoms with Crippen LogP contribution in [0.3, 0.4) is 0 Å². The van der Waals surface area contributed by atoms with E-state index >= 15 is 0 Å². The standard InChI is InChI=1S/C20H28N2O4/c1-7-16(26-8-2)15-10-9-14(13-17(15)25-6)22-19(24)18(23)21-12-11-20(3,4)5/h7-10,13H,2,11-12H2,1,3-6H3,(H,21,23)(H,22,24). The van der Waals surface area contributed by atoms with Gasteiger partial charge in [-0.2, -0.15) is 0 Å². The molecule has 0 atom stereocenters. The van der Waals surface area contributed by atoms with E-state index in [0.29, 0.717) is 29.3 Å². The number of benzene rings is 1. The van der Waals surface area contributed by atoms with Crippen molar-refractivity contribution in [1.29, 1.82) is 0 Å². The van der Waals surface area contributed by atoms with Crippen molar-refractivity contribution < 1.29 is 19.1 Å². The van der Waals surface area contributed by atoms with Gasteiger partial charge in [-0.3, -0.25) is 9.59 Å². The second kappa shape index (κ2) is 9.65. The van der Waals surface area contributed by atoms with Gasteiger partial charge in [0.25, 0.3) is 0 Å². The normalized spacial score (nSPS) is 11.5. The lowest BCUT2D eigenvalue weighted by Gasteiger charge is -2.18. The van der Waals surface area contributed by atoms with E-state index in [9.17, 15) is 9.59 Å². The first-order chi connectivity index (χ1) is 12.2. The van der Waals surface area contributed by atoms with E-state index in [0.717, 1.165) is 6.42 Å². The molecule has 2 amide bonds. The zero-order chi connectivity index (χ0) is 19.7. The van der Waals surface area contributed by atoms with Crippen LogP contribution in [0.25, 0.3) is 5.76 Å². The Morgan fingerprint density at radius 3 is 2.46 bits per heavy atom. The van der Waals surface area contributed by atoms with Crippen molar-refractivity contribution in [3.63, 3.8) is 0 Å². The van der Waals surface area contributed by atoms with E-state index in [-0.39, 0.29) is 5.41 Å². The van der Waals surface area contributed by atoms with Crippen LogP contribution in [-0.4, -0.2) is 25.5 Å². The molecule has 0 saturated heterocycles. The molecule has 0 saturated carbocycles. The topological polar surface area (TPSA) is 76.7 Å². The van der Waals surface area contributed by atoms with Crippen LogP contribution in [0.2, 0.25) is 0 Å². The molecular formula is C20H28N2O4. The lowest BCUT2D eigenvalue weighted by atomic mass is 9.92.